The summed E-state index contributed by atoms with van der Waals surface area (Å²) in [6, 6.07) is 9.51. The number of aryl methyl sites for hydroxylation is 1. The number of carbonyl (C=O) groups excluding carboxylic acids is 1. The molecule has 0 saturated heterocycles. The van der Waals surface area contributed by atoms with Crippen LogP contribution in [0.4, 0.5) is 10.1 Å². The normalized spacial score (nSPS) is 11.0. The molecule has 0 aromatic heterocycles. The zero-order valence-electron chi connectivity index (χ0n) is 13.3. The minimum atomic E-state index is -3.84. The number of amides is 1. The van der Waals surface area contributed by atoms with Crippen molar-refractivity contribution in [3.8, 4) is 0 Å². The Morgan fingerprint density at radius 1 is 1.20 bits per heavy atom. The summed E-state index contributed by atoms with van der Waals surface area (Å²) in [5.74, 6) is -0.773. The summed E-state index contributed by atoms with van der Waals surface area (Å²) >= 11 is 3.14. The van der Waals surface area contributed by atoms with E-state index >= 15 is 0 Å². The summed E-state index contributed by atoms with van der Waals surface area (Å²) < 4.78 is 41.0. The van der Waals surface area contributed by atoms with Crippen molar-refractivity contribution in [3.63, 3.8) is 0 Å². The van der Waals surface area contributed by atoms with Crippen molar-refractivity contribution in [1.29, 1.82) is 0 Å². The van der Waals surface area contributed by atoms with E-state index in [0.717, 1.165) is 6.07 Å². The van der Waals surface area contributed by atoms with Gasteiger partial charge in [-0.15, -0.1) is 0 Å². The highest BCUT2D eigenvalue weighted by Gasteiger charge is 2.16. The molecule has 25 heavy (non-hydrogen) atoms. The molecule has 0 aliphatic carbocycles. The van der Waals surface area contributed by atoms with Crippen LogP contribution in [0.2, 0.25) is 0 Å². The van der Waals surface area contributed by atoms with Gasteiger partial charge in [-0.25, -0.2) is 12.8 Å². The predicted octanol–water partition coefficient (Wildman–Crippen LogP) is 3.57. The Hall–Kier alpha value is -2.19. The Bertz CT molecular complexity index is 912. The molecule has 0 saturated carbocycles. The molecule has 0 heterocycles. The molecule has 2 aromatic carbocycles. The molecular weight excluding hydrogens is 411 g/mol. The Balaban J connectivity index is 2.13. The molecule has 0 atom stereocenters. The zero-order chi connectivity index (χ0) is 18.6. The molecule has 0 unspecified atom stereocenters. The molecule has 8 heteroatoms. The number of carbonyl (C=O) groups is 1. The fraction of sp³-hybridized carbons (Fsp3) is 0.118. The third-order valence-electron chi connectivity index (χ3n) is 3.28. The predicted molar refractivity (Wildman–Crippen MR) is 98.8 cm³/mol. The van der Waals surface area contributed by atoms with Gasteiger partial charge in [0.05, 0.1) is 4.90 Å². The van der Waals surface area contributed by atoms with Gasteiger partial charge >= 0.3 is 0 Å². The maximum absolute atomic E-state index is 13.3. The summed E-state index contributed by atoms with van der Waals surface area (Å²) in [5.41, 5.74) is 0.918. The van der Waals surface area contributed by atoms with E-state index < -0.39 is 15.8 Å². The first kappa shape index (κ1) is 19.1. The van der Waals surface area contributed by atoms with E-state index in [0.29, 0.717) is 15.7 Å². The van der Waals surface area contributed by atoms with Crippen LogP contribution < -0.4 is 10.0 Å². The number of nitrogens with one attached hydrogen (secondary N) is 2. The van der Waals surface area contributed by atoms with E-state index in [-0.39, 0.29) is 22.9 Å². The minimum absolute atomic E-state index is 0.0379. The lowest BCUT2D eigenvalue weighted by Crippen LogP contribution is -2.24. The highest BCUT2D eigenvalue weighted by atomic mass is 79.9. The maximum atomic E-state index is 13.3. The highest BCUT2D eigenvalue weighted by Crippen LogP contribution is 2.19. The fourth-order valence-corrected chi connectivity index (χ4v) is 3.25. The average molecular weight is 427 g/mol. The number of hydrogen-bond donors (Lipinski definition) is 2. The van der Waals surface area contributed by atoms with Gasteiger partial charge in [0.1, 0.15) is 5.82 Å². The van der Waals surface area contributed by atoms with Gasteiger partial charge in [0.2, 0.25) is 0 Å². The lowest BCUT2D eigenvalue weighted by atomic mass is 10.2. The second-order valence-corrected chi connectivity index (χ2v) is 8.10. The van der Waals surface area contributed by atoms with Crippen LogP contribution in [0.15, 0.2) is 58.4 Å². The molecule has 0 radical (unpaired) electrons. The van der Waals surface area contributed by atoms with Gasteiger partial charge in [0.15, 0.2) is 0 Å². The van der Waals surface area contributed by atoms with Crippen LogP contribution in [0.1, 0.15) is 15.9 Å². The second kappa shape index (κ2) is 7.79. The summed E-state index contributed by atoms with van der Waals surface area (Å²) in [6.45, 7) is 5.40. The summed E-state index contributed by atoms with van der Waals surface area (Å²) in [7, 11) is -3.84. The average Bonchev–Trinajstić information content (AvgIpc) is 2.55. The molecule has 132 valence electrons. The largest absolute Gasteiger partial charge is 0.347 e. The molecule has 0 fully saturated rings. The number of halogens is 2. The first-order chi connectivity index (χ1) is 11.7. The molecule has 2 aromatic rings. The van der Waals surface area contributed by atoms with Crippen LogP contribution in [0.3, 0.4) is 0 Å². The lowest BCUT2D eigenvalue weighted by Gasteiger charge is -2.10. The Kier molecular flexibility index (Phi) is 5.97. The summed E-state index contributed by atoms with van der Waals surface area (Å²) in [6.07, 6.45) is 0. The van der Waals surface area contributed by atoms with Crippen LogP contribution in [-0.2, 0) is 10.0 Å². The number of anilines is 1. The van der Waals surface area contributed by atoms with E-state index in [1.807, 2.05) is 0 Å². The van der Waals surface area contributed by atoms with Crippen LogP contribution >= 0.6 is 15.9 Å². The molecule has 0 aliphatic rings. The van der Waals surface area contributed by atoms with E-state index in [1.54, 1.807) is 0 Å². The first-order valence-corrected chi connectivity index (χ1v) is 9.47. The number of rotatable bonds is 6. The number of benzene rings is 2. The van der Waals surface area contributed by atoms with Crippen molar-refractivity contribution in [2.24, 2.45) is 0 Å². The van der Waals surface area contributed by atoms with Crippen molar-refractivity contribution in [3.05, 3.63) is 70.5 Å². The molecular formula is C17H16BrFN2O3S. The topological polar surface area (TPSA) is 75.3 Å². The summed E-state index contributed by atoms with van der Waals surface area (Å²) in [5, 5.41) is 2.64. The Morgan fingerprint density at radius 2 is 1.84 bits per heavy atom. The minimum Gasteiger partial charge on any atom is -0.347 e. The van der Waals surface area contributed by atoms with E-state index in [2.05, 4.69) is 32.5 Å². The number of hydrogen-bond acceptors (Lipinski definition) is 3. The maximum Gasteiger partial charge on any atom is 0.261 e. The van der Waals surface area contributed by atoms with Crippen molar-refractivity contribution in [2.45, 2.75) is 11.8 Å². The molecule has 0 bridgehead atoms. The molecule has 2 rings (SSSR count). The molecule has 5 nitrogen and oxygen atoms in total. The van der Waals surface area contributed by atoms with Crippen molar-refractivity contribution in [2.75, 3.05) is 11.3 Å². The molecule has 0 aliphatic heterocycles. The van der Waals surface area contributed by atoms with Gasteiger partial charge < -0.3 is 5.32 Å². The lowest BCUT2D eigenvalue weighted by molar-refractivity contribution is 0.0958. The third kappa shape index (κ3) is 5.14. The SMILES string of the molecule is C=C(Br)CNC(=O)c1ccc(NS(=O)(=O)c2ccc(F)c(C)c2)cc1. The van der Waals surface area contributed by atoms with Crippen LogP contribution in [0.5, 0.6) is 0 Å². The first-order valence-electron chi connectivity index (χ1n) is 7.19. The standard InChI is InChI=1S/C17H16BrFN2O3S/c1-11-9-15(7-8-16(11)19)25(23,24)21-14-5-3-13(4-6-14)17(22)20-10-12(2)18/h3-9,21H,2,10H2,1H3,(H,20,22). The quantitative estimate of drug-likeness (QED) is 0.740. The van der Waals surface area contributed by atoms with Crippen LogP contribution in [0.25, 0.3) is 0 Å². The zero-order valence-corrected chi connectivity index (χ0v) is 15.7. The third-order valence-corrected chi connectivity index (χ3v) is 4.94. The van der Waals surface area contributed by atoms with Gasteiger partial charge in [0.25, 0.3) is 15.9 Å². The highest BCUT2D eigenvalue weighted by molar-refractivity contribution is 9.11. The van der Waals surface area contributed by atoms with E-state index in [4.69, 9.17) is 0 Å². The monoisotopic (exact) mass is 426 g/mol. The van der Waals surface area contributed by atoms with Gasteiger partial charge in [-0.05, 0) is 55.0 Å². The van der Waals surface area contributed by atoms with E-state index in [9.17, 15) is 17.6 Å². The fourth-order valence-electron chi connectivity index (χ4n) is 1.97. The van der Waals surface area contributed by atoms with Crippen LogP contribution in [-0.4, -0.2) is 20.9 Å². The van der Waals surface area contributed by atoms with Crippen molar-refractivity contribution < 1.29 is 17.6 Å². The number of sulfonamides is 1. The Labute approximate surface area is 154 Å². The molecule has 0 spiro atoms. The van der Waals surface area contributed by atoms with Crippen LogP contribution in [0, 0.1) is 12.7 Å². The smallest absolute Gasteiger partial charge is 0.261 e. The van der Waals surface area contributed by atoms with Crippen molar-refractivity contribution >= 4 is 37.5 Å². The molecule has 1 amide bonds. The van der Waals surface area contributed by atoms with Crippen molar-refractivity contribution in [1.82, 2.24) is 5.32 Å². The Morgan fingerprint density at radius 3 is 2.40 bits per heavy atom. The summed E-state index contributed by atoms with van der Waals surface area (Å²) in [4.78, 5) is 11.9. The van der Waals surface area contributed by atoms with Gasteiger partial charge in [-0.2, -0.15) is 0 Å². The second-order valence-electron chi connectivity index (χ2n) is 5.29. The van der Waals surface area contributed by atoms with Gasteiger partial charge in [-0.1, -0.05) is 22.5 Å². The molecule has 2 N–H and O–H groups in total. The van der Waals surface area contributed by atoms with Gasteiger partial charge in [-0.3, -0.25) is 9.52 Å². The van der Waals surface area contributed by atoms with E-state index in [1.165, 1.54) is 43.3 Å². The van der Waals surface area contributed by atoms with Gasteiger partial charge in [0, 0.05) is 22.3 Å².